The largest absolute Gasteiger partial charge is 0.353 e. The van der Waals surface area contributed by atoms with Gasteiger partial charge in [0.05, 0.1) is 18.2 Å². The van der Waals surface area contributed by atoms with Crippen molar-refractivity contribution in [3.63, 3.8) is 0 Å². The van der Waals surface area contributed by atoms with Gasteiger partial charge in [0.25, 0.3) is 5.91 Å². The first-order chi connectivity index (χ1) is 9.65. The first-order valence-corrected chi connectivity index (χ1v) is 7.36. The van der Waals surface area contributed by atoms with E-state index in [1.807, 2.05) is 18.2 Å². The molecule has 2 heterocycles. The van der Waals surface area contributed by atoms with Crippen LogP contribution in [-0.2, 0) is 9.59 Å². The van der Waals surface area contributed by atoms with E-state index < -0.39 is 6.04 Å². The molecule has 0 bridgehead atoms. The monoisotopic (exact) mass is 289 g/mol. The normalized spacial score (nSPS) is 26.1. The number of nitrogens with one attached hydrogen (secondary N) is 1. The van der Waals surface area contributed by atoms with Crippen molar-refractivity contribution in [2.75, 3.05) is 13.6 Å². The van der Waals surface area contributed by atoms with Crippen LogP contribution in [0.2, 0.25) is 0 Å². The van der Waals surface area contributed by atoms with Crippen molar-refractivity contribution in [1.29, 1.82) is 0 Å². The smallest absolute Gasteiger partial charge is 0.251 e. The molecular weight excluding hydrogens is 274 g/mol. The molecule has 2 aliphatic heterocycles. The zero-order valence-corrected chi connectivity index (χ0v) is 11.9. The number of imide groups is 1. The second kappa shape index (κ2) is 5.28. The number of thioether (sulfide) groups is 1. The quantitative estimate of drug-likeness (QED) is 0.830. The number of benzene rings is 1. The van der Waals surface area contributed by atoms with Crippen LogP contribution in [0, 0.1) is 0 Å². The number of likely N-dealkylation sites (N-methyl/N-ethyl adjacent to an activating group) is 1. The van der Waals surface area contributed by atoms with Crippen molar-refractivity contribution in [3.8, 4) is 0 Å². The highest BCUT2D eigenvalue weighted by molar-refractivity contribution is 8.14. The molecule has 2 atom stereocenters. The topological polar surface area (TPSA) is 61.8 Å². The average molecular weight is 289 g/mol. The van der Waals surface area contributed by atoms with Crippen molar-refractivity contribution in [1.82, 2.24) is 10.2 Å². The molecule has 1 aromatic carbocycles. The number of carbonyl (C=O) groups is 2. The molecule has 1 aromatic rings. The third-order valence-corrected chi connectivity index (χ3v) is 4.68. The van der Waals surface area contributed by atoms with Crippen LogP contribution in [0.15, 0.2) is 35.3 Å². The molecule has 2 unspecified atom stereocenters. The van der Waals surface area contributed by atoms with Gasteiger partial charge in [0.2, 0.25) is 5.91 Å². The maximum absolute atomic E-state index is 11.8. The fourth-order valence-electron chi connectivity index (χ4n) is 2.31. The average Bonchev–Trinajstić information content (AvgIpc) is 3.02. The van der Waals surface area contributed by atoms with Crippen LogP contribution in [0.4, 0.5) is 0 Å². The number of amidine groups is 1. The summed E-state index contributed by atoms with van der Waals surface area (Å²) in [6.45, 7) is 0.696. The lowest BCUT2D eigenvalue weighted by Gasteiger charge is -2.13. The molecule has 20 heavy (non-hydrogen) atoms. The van der Waals surface area contributed by atoms with E-state index >= 15 is 0 Å². The molecule has 2 amide bonds. The Morgan fingerprint density at radius 3 is 2.70 bits per heavy atom. The van der Waals surface area contributed by atoms with Gasteiger partial charge in [0, 0.05) is 7.05 Å². The van der Waals surface area contributed by atoms with Gasteiger partial charge in [0.1, 0.15) is 6.04 Å². The van der Waals surface area contributed by atoms with Gasteiger partial charge >= 0.3 is 0 Å². The Morgan fingerprint density at radius 1 is 1.30 bits per heavy atom. The molecule has 104 valence electrons. The van der Waals surface area contributed by atoms with Crippen molar-refractivity contribution in [2.45, 2.75) is 17.7 Å². The Kier molecular flexibility index (Phi) is 3.48. The van der Waals surface area contributed by atoms with Gasteiger partial charge in [-0.15, -0.1) is 0 Å². The minimum Gasteiger partial charge on any atom is -0.353 e. The molecule has 0 saturated carbocycles. The van der Waals surface area contributed by atoms with Crippen molar-refractivity contribution >= 4 is 28.7 Å². The number of nitrogens with zero attached hydrogens (tertiary/aromatic N) is 2. The van der Waals surface area contributed by atoms with Crippen molar-refractivity contribution in [2.24, 2.45) is 4.99 Å². The minimum atomic E-state index is -0.465. The lowest BCUT2D eigenvalue weighted by Crippen LogP contribution is -2.39. The Bertz CT molecular complexity index is 573. The second-order valence-electron chi connectivity index (χ2n) is 4.86. The van der Waals surface area contributed by atoms with Crippen molar-refractivity contribution in [3.05, 3.63) is 35.9 Å². The highest BCUT2D eigenvalue weighted by Crippen LogP contribution is 2.34. The lowest BCUT2D eigenvalue weighted by molar-refractivity contribution is -0.137. The van der Waals surface area contributed by atoms with E-state index in [0.717, 1.165) is 5.17 Å². The first kappa shape index (κ1) is 13.2. The van der Waals surface area contributed by atoms with Crippen LogP contribution in [-0.4, -0.2) is 41.5 Å². The van der Waals surface area contributed by atoms with Crippen LogP contribution in [0.5, 0.6) is 0 Å². The van der Waals surface area contributed by atoms with E-state index in [0.29, 0.717) is 6.54 Å². The van der Waals surface area contributed by atoms with E-state index in [2.05, 4.69) is 22.4 Å². The van der Waals surface area contributed by atoms with Crippen LogP contribution in [0.25, 0.3) is 0 Å². The van der Waals surface area contributed by atoms with Crippen molar-refractivity contribution < 1.29 is 9.59 Å². The number of aliphatic imine (C=N–C) groups is 1. The number of likely N-dealkylation sites (tertiary alicyclic amines) is 1. The molecule has 6 heteroatoms. The second-order valence-corrected chi connectivity index (χ2v) is 6.05. The van der Waals surface area contributed by atoms with Gasteiger partial charge in [-0.2, -0.15) is 0 Å². The van der Waals surface area contributed by atoms with E-state index in [-0.39, 0.29) is 23.5 Å². The third kappa shape index (κ3) is 2.43. The summed E-state index contributed by atoms with van der Waals surface area (Å²) in [4.78, 5) is 28.9. The van der Waals surface area contributed by atoms with Gasteiger partial charge in [0.15, 0.2) is 5.17 Å². The molecule has 1 fully saturated rings. The lowest BCUT2D eigenvalue weighted by atomic mass is 10.1. The van der Waals surface area contributed by atoms with Gasteiger partial charge < -0.3 is 5.32 Å². The maximum Gasteiger partial charge on any atom is 0.251 e. The summed E-state index contributed by atoms with van der Waals surface area (Å²) in [6, 6.07) is 9.70. The van der Waals surface area contributed by atoms with E-state index in [4.69, 9.17) is 0 Å². The molecule has 3 rings (SSSR count). The Hall–Kier alpha value is -1.82. The first-order valence-electron chi connectivity index (χ1n) is 6.48. The minimum absolute atomic E-state index is 0.143. The number of carbonyl (C=O) groups excluding carboxylic acids is 2. The summed E-state index contributed by atoms with van der Waals surface area (Å²) in [7, 11) is 1.52. The summed E-state index contributed by atoms with van der Waals surface area (Å²) >= 11 is 1.61. The standard InChI is InChI=1S/C14H15N3O2S/c1-17-12(18)7-10(13(17)19)16-14-15-8-11(20-14)9-5-3-2-4-6-9/h2-6,10-11H,7-8H2,1H3,(H,15,16). The van der Waals surface area contributed by atoms with Crippen LogP contribution in [0.3, 0.4) is 0 Å². The zero-order valence-electron chi connectivity index (χ0n) is 11.1. The molecule has 2 aliphatic rings. The molecule has 0 aliphatic carbocycles. The summed E-state index contributed by atoms with van der Waals surface area (Å²) in [6.07, 6.45) is 0.213. The van der Waals surface area contributed by atoms with Gasteiger partial charge in [-0.05, 0) is 5.56 Å². The number of hydrogen-bond donors (Lipinski definition) is 1. The highest BCUT2D eigenvalue weighted by atomic mass is 32.2. The summed E-state index contributed by atoms with van der Waals surface area (Å²) in [5, 5.41) is 4.12. The molecule has 5 nitrogen and oxygen atoms in total. The molecule has 0 aromatic heterocycles. The number of amides is 2. The van der Waals surface area contributed by atoms with Crippen LogP contribution in [0.1, 0.15) is 17.2 Å². The van der Waals surface area contributed by atoms with E-state index in [1.165, 1.54) is 17.5 Å². The Labute approximate surface area is 121 Å². The highest BCUT2D eigenvalue weighted by Gasteiger charge is 2.37. The summed E-state index contributed by atoms with van der Waals surface area (Å²) in [5.74, 6) is -0.322. The molecule has 0 radical (unpaired) electrons. The van der Waals surface area contributed by atoms with Crippen LogP contribution < -0.4 is 5.32 Å². The molecule has 0 spiro atoms. The van der Waals surface area contributed by atoms with Gasteiger partial charge in [-0.25, -0.2) is 0 Å². The summed E-state index contributed by atoms with van der Waals surface area (Å²) in [5.41, 5.74) is 1.23. The fraction of sp³-hybridized carbons (Fsp3) is 0.357. The van der Waals surface area contributed by atoms with Gasteiger partial charge in [-0.3, -0.25) is 19.5 Å². The molecule has 1 N–H and O–H groups in total. The predicted molar refractivity (Wildman–Crippen MR) is 78.4 cm³/mol. The Balaban J connectivity index is 1.61. The Morgan fingerprint density at radius 2 is 2.05 bits per heavy atom. The fourth-order valence-corrected chi connectivity index (χ4v) is 3.38. The predicted octanol–water partition coefficient (Wildman–Crippen LogP) is 1.18. The summed E-state index contributed by atoms with van der Waals surface area (Å²) < 4.78 is 0. The zero-order chi connectivity index (χ0) is 14.1. The number of rotatable bonds is 2. The van der Waals surface area contributed by atoms with E-state index in [9.17, 15) is 9.59 Å². The number of hydrogen-bond acceptors (Lipinski definition) is 5. The van der Waals surface area contributed by atoms with Gasteiger partial charge in [-0.1, -0.05) is 42.1 Å². The molecular formula is C14H15N3O2S. The SMILES string of the molecule is CN1C(=O)CC(NC2=NCC(c3ccccc3)S2)C1=O. The molecule has 1 saturated heterocycles. The maximum atomic E-state index is 11.8. The van der Waals surface area contributed by atoms with E-state index in [1.54, 1.807) is 11.8 Å². The third-order valence-electron chi connectivity index (χ3n) is 3.51. The van der Waals surface area contributed by atoms with Crippen LogP contribution >= 0.6 is 11.8 Å².